The number of benzene rings is 1. The van der Waals surface area contributed by atoms with E-state index in [0.29, 0.717) is 16.6 Å². The monoisotopic (exact) mass is 307 g/mol. The summed E-state index contributed by atoms with van der Waals surface area (Å²) < 4.78 is 13.7. The minimum atomic E-state index is -0.199. The van der Waals surface area contributed by atoms with E-state index in [4.69, 9.17) is 11.6 Å². The van der Waals surface area contributed by atoms with Gasteiger partial charge in [0.15, 0.2) is 0 Å². The third kappa shape index (κ3) is 2.06. The molecule has 1 aromatic rings. The highest BCUT2D eigenvalue weighted by Gasteiger charge is 2.66. The van der Waals surface area contributed by atoms with E-state index >= 15 is 0 Å². The predicted molar refractivity (Wildman–Crippen MR) is 83.9 cm³/mol. The Bertz CT molecular complexity index is 557. The first-order chi connectivity index (χ1) is 10.1. The van der Waals surface area contributed by atoms with Crippen molar-refractivity contribution in [3.8, 4) is 0 Å². The Labute approximate surface area is 131 Å². The van der Waals surface area contributed by atoms with Gasteiger partial charge in [0.25, 0.3) is 0 Å². The van der Waals surface area contributed by atoms with Crippen molar-refractivity contribution in [3.63, 3.8) is 0 Å². The molecule has 1 aromatic carbocycles. The first-order valence-electron chi connectivity index (χ1n) is 8.30. The molecule has 114 valence electrons. The topological polar surface area (TPSA) is 12.0 Å². The van der Waals surface area contributed by atoms with Gasteiger partial charge in [-0.15, -0.1) is 0 Å². The molecule has 1 N–H and O–H groups in total. The van der Waals surface area contributed by atoms with E-state index in [9.17, 15) is 4.39 Å². The van der Waals surface area contributed by atoms with E-state index in [-0.39, 0.29) is 5.82 Å². The lowest BCUT2D eigenvalue weighted by atomic mass is 9.92. The van der Waals surface area contributed by atoms with Crippen molar-refractivity contribution >= 4 is 11.6 Å². The summed E-state index contributed by atoms with van der Waals surface area (Å²) in [6.45, 7) is 4.91. The van der Waals surface area contributed by atoms with Gasteiger partial charge in [-0.25, -0.2) is 4.39 Å². The molecule has 4 rings (SSSR count). The second kappa shape index (κ2) is 4.96. The van der Waals surface area contributed by atoms with Crippen molar-refractivity contribution in [2.24, 2.45) is 29.6 Å². The number of aryl methyl sites for hydroxylation is 1. The van der Waals surface area contributed by atoms with Gasteiger partial charge in [-0.05, 0) is 79.5 Å². The predicted octanol–water partition coefficient (Wildman–Crippen LogP) is 4.73. The van der Waals surface area contributed by atoms with Crippen molar-refractivity contribution in [2.45, 2.75) is 39.2 Å². The molecule has 2 bridgehead atoms. The standard InChI is InChI=1S/C18H23ClFN/c1-3-21-18(12-6-9(2)14(20)8-13(12)19)17-15-10-4-5-11(7-10)16(15)17/h6,8,10-11,15-18,21H,3-5,7H2,1-2H3. The van der Waals surface area contributed by atoms with Crippen LogP contribution in [0.1, 0.15) is 43.4 Å². The summed E-state index contributed by atoms with van der Waals surface area (Å²) in [6, 6.07) is 3.75. The molecule has 5 unspecified atom stereocenters. The molecule has 3 aliphatic rings. The van der Waals surface area contributed by atoms with Crippen molar-refractivity contribution < 1.29 is 4.39 Å². The smallest absolute Gasteiger partial charge is 0.127 e. The Kier molecular flexibility index (Phi) is 3.31. The zero-order valence-corrected chi connectivity index (χ0v) is 13.5. The van der Waals surface area contributed by atoms with E-state index in [1.54, 1.807) is 0 Å². The highest BCUT2D eigenvalue weighted by molar-refractivity contribution is 6.31. The van der Waals surface area contributed by atoms with Crippen LogP contribution in [-0.2, 0) is 0 Å². The molecule has 0 aliphatic heterocycles. The number of nitrogens with one attached hydrogen (secondary N) is 1. The molecule has 3 fully saturated rings. The summed E-state index contributed by atoms with van der Waals surface area (Å²) in [5, 5.41) is 4.22. The number of halogens is 2. The molecule has 21 heavy (non-hydrogen) atoms. The normalized spacial score (nSPS) is 37.6. The van der Waals surface area contributed by atoms with E-state index in [0.717, 1.165) is 41.7 Å². The maximum absolute atomic E-state index is 13.7. The summed E-state index contributed by atoms with van der Waals surface area (Å²) in [7, 11) is 0. The van der Waals surface area contributed by atoms with Crippen LogP contribution in [0.3, 0.4) is 0 Å². The zero-order valence-electron chi connectivity index (χ0n) is 12.7. The van der Waals surface area contributed by atoms with Crippen LogP contribution < -0.4 is 5.32 Å². The van der Waals surface area contributed by atoms with Crippen LogP contribution in [0.25, 0.3) is 0 Å². The quantitative estimate of drug-likeness (QED) is 0.848. The third-order valence-electron chi connectivity index (χ3n) is 6.22. The molecule has 0 heterocycles. The van der Waals surface area contributed by atoms with Crippen molar-refractivity contribution in [3.05, 3.63) is 34.1 Å². The molecule has 0 amide bonds. The lowest BCUT2D eigenvalue weighted by Gasteiger charge is -2.23. The zero-order chi connectivity index (χ0) is 14.7. The average Bonchev–Trinajstić information content (AvgIpc) is 2.87. The second-order valence-electron chi connectivity index (χ2n) is 7.22. The molecule has 0 saturated heterocycles. The molecule has 0 radical (unpaired) electrons. The average molecular weight is 308 g/mol. The highest BCUT2D eigenvalue weighted by atomic mass is 35.5. The molecule has 3 heteroatoms. The molecule has 0 spiro atoms. The molecule has 5 atom stereocenters. The summed E-state index contributed by atoms with van der Waals surface area (Å²) in [5.41, 5.74) is 1.81. The summed E-state index contributed by atoms with van der Waals surface area (Å²) in [4.78, 5) is 0. The first-order valence-corrected chi connectivity index (χ1v) is 8.68. The van der Waals surface area contributed by atoms with Crippen LogP contribution in [0.4, 0.5) is 4.39 Å². The van der Waals surface area contributed by atoms with E-state index in [2.05, 4.69) is 12.2 Å². The molecule has 0 aromatic heterocycles. The fourth-order valence-electron chi connectivity index (χ4n) is 5.43. The summed E-state index contributed by atoms with van der Waals surface area (Å²) >= 11 is 6.37. The second-order valence-corrected chi connectivity index (χ2v) is 7.63. The van der Waals surface area contributed by atoms with E-state index in [1.807, 2.05) is 13.0 Å². The highest BCUT2D eigenvalue weighted by Crippen LogP contribution is 2.72. The summed E-state index contributed by atoms with van der Waals surface area (Å²) in [6.07, 6.45) is 4.32. The van der Waals surface area contributed by atoms with Gasteiger partial charge in [0.2, 0.25) is 0 Å². The molecular weight excluding hydrogens is 285 g/mol. The largest absolute Gasteiger partial charge is 0.310 e. The van der Waals surface area contributed by atoms with Gasteiger partial charge in [0.05, 0.1) is 0 Å². The summed E-state index contributed by atoms with van der Waals surface area (Å²) in [5.74, 6) is 4.22. The van der Waals surface area contributed by atoms with Crippen LogP contribution in [0.2, 0.25) is 5.02 Å². The molecular formula is C18H23ClFN. The minimum Gasteiger partial charge on any atom is -0.310 e. The van der Waals surface area contributed by atoms with Crippen LogP contribution in [0, 0.1) is 42.3 Å². The van der Waals surface area contributed by atoms with Gasteiger partial charge in [0, 0.05) is 11.1 Å². The Hall–Kier alpha value is -0.600. The van der Waals surface area contributed by atoms with Crippen molar-refractivity contribution in [1.29, 1.82) is 0 Å². The number of fused-ring (bicyclic) bond motifs is 5. The Morgan fingerprint density at radius 1 is 1.29 bits per heavy atom. The Morgan fingerprint density at radius 2 is 1.95 bits per heavy atom. The lowest BCUT2D eigenvalue weighted by Crippen LogP contribution is -2.26. The van der Waals surface area contributed by atoms with Gasteiger partial charge in [0.1, 0.15) is 5.82 Å². The Morgan fingerprint density at radius 3 is 2.57 bits per heavy atom. The van der Waals surface area contributed by atoms with Crippen LogP contribution >= 0.6 is 11.6 Å². The van der Waals surface area contributed by atoms with Gasteiger partial charge in [-0.2, -0.15) is 0 Å². The third-order valence-corrected chi connectivity index (χ3v) is 6.54. The SMILES string of the molecule is CCNC(c1cc(C)c(F)cc1Cl)C1C2C3CCC(C3)C21. The molecule has 3 aliphatic carbocycles. The van der Waals surface area contributed by atoms with Crippen LogP contribution in [0.15, 0.2) is 12.1 Å². The van der Waals surface area contributed by atoms with E-state index < -0.39 is 0 Å². The molecule has 3 saturated carbocycles. The first kappa shape index (κ1) is 14.0. The Balaban J connectivity index is 1.66. The fraction of sp³-hybridized carbons (Fsp3) is 0.667. The fourth-order valence-corrected chi connectivity index (χ4v) is 5.70. The van der Waals surface area contributed by atoms with Gasteiger partial charge >= 0.3 is 0 Å². The van der Waals surface area contributed by atoms with Crippen molar-refractivity contribution in [2.75, 3.05) is 6.54 Å². The molecule has 1 nitrogen and oxygen atoms in total. The van der Waals surface area contributed by atoms with Crippen molar-refractivity contribution in [1.82, 2.24) is 5.32 Å². The number of rotatable bonds is 4. The number of hydrogen-bond donors (Lipinski definition) is 1. The maximum Gasteiger partial charge on any atom is 0.127 e. The maximum atomic E-state index is 13.7. The number of hydrogen-bond acceptors (Lipinski definition) is 1. The van der Waals surface area contributed by atoms with Crippen LogP contribution in [0.5, 0.6) is 0 Å². The lowest BCUT2D eigenvalue weighted by molar-refractivity contribution is 0.374. The van der Waals surface area contributed by atoms with E-state index in [1.165, 1.54) is 25.3 Å². The van der Waals surface area contributed by atoms with Crippen LogP contribution in [-0.4, -0.2) is 6.54 Å². The van der Waals surface area contributed by atoms with Gasteiger partial charge in [-0.3, -0.25) is 0 Å². The van der Waals surface area contributed by atoms with Gasteiger partial charge in [-0.1, -0.05) is 24.6 Å². The van der Waals surface area contributed by atoms with Gasteiger partial charge < -0.3 is 5.32 Å². The minimum absolute atomic E-state index is 0.199.